The van der Waals surface area contributed by atoms with Gasteiger partial charge in [0.15, 0.2) is 0 Å². The van der Waals surface area contributed by atoms with Crippen LogP contribution in [0.5, 0.6) is 0 Å². The summed E-state index contributed by atoms with van der Waals surface area (Å²) >= 11 is 0. The Morgan fingerprint density at radius 1 is 1.29 bits per heavy atom. The lowest BCUT2D eigenvalue weighted by molar-refractivity contribution is 0.183. The van der Waals surface area contributed by atoms with Crippen LogP contribution in [0.3, 0.4) is 0 Å². The van der Waals surface area contributed by atoms with Crippen LogP contribution in [-0.2, 0) is 13.6 Å². The van der Waals surface area contributed by atoms with Gasteiger partial charge in [0.25, 0.3) is 0 Å². The molecule has 0 aromatic carbocycles. The molecule has 1 fully saturated rings. The second-order valence-electron chi connectivity index (χ2n) is 5.63. The number of anilines is 1. The van der Waals surface area contributed by atoms with Crippen LogP contribution in [0.1, 0.15) is 36.8 Å². The first-order valence-electron chi connectivity index (χ1n) is 7.46. The highest BCUT2D eigenvalue weighted by molar-refractivity contribution is 5.32. The van der Waals surface area contributed by atoms with E-state index < -0.39 is 0 Å². The Labute approximate surface area is 125 Å². The van der Waals surface area contributed by atoms with E-state index in [1.54, 1.807) is 12.4 Å². The number of nitrogens with one attached hydrogen (secondary N) is 1. The van der Waals surface area contributed by atoms with Crippen molar-refractivity contribution in [1.29, 1.82) is 0 Å². The molecule has 0 aliphatic carbocycles. The van der Waals surface area contributed by atoms with E-state index in [0.717, 1.165) is 30.3 Å². The van der Waals surface area contributed by atoms with Crippen LogP contribution in [0.4, 0.5) is 5.82 Å². The molecule has 3 rings (SSSR count). The average Bonchev–Trinajstić information content (AvgIpc) is 2.91. The van der Waals surface area contributed by atoms with E-state index in [-0.39, 0.29) is 0 Å². The number of likely N-dealkylation sites (tertiary alicyclic amines) is 1. The predicted molar refractivity (Wildman–Crippen MR) is 81.8 cm³/mol. The maximum Gasteiger partial charge on any atom is 0.145 e. The van der Waals surface area contributed by atoms with Gasteiger partial charge in [-0.1, -0.05) is 6.42 Å². The predicted octanol–water partition coefficient (Wildman–Crippen LogP) is 1.98. The first-order chi connectivity index (χ1) is 10.2. The van der Waals surface area contributed by atoms with Crippen molar-refractivity contribution in [2.75, 3.05) is 18.9 Å². The summed E-state index contributed by atoms with van der Waals surface area (Å²) in [6, 6.07) is 0.390. The Kier molecular flexibility index (Phi) is 4.15. The van der Waals surface area contributed by atoms with Crippen molar-refractivity contribution in [3.8, 4) is 0 Å². The molecule has 6 nitrogen and oxygen atoms in total. The molecule has 2 aromatic heterocycles. The van der Waals surface area contributed by atoms with E-state index in [0.29, 0.717) is 12.6 Å². The van der Waals surface area contributed by atoms with Crippen LogP contribution in [0.2, 0.25) is 0 Å². The van der Waals surface area contributed by atoms with Crippen molar-refractivity contribution in [3.63, 3.8) is 0 Å². The minimum Gasteiger partial charge on any atom is -0.362 e. The molecule has 1 unspecified atom stereocenters. The second-order valence-corrected chi connectivity index (χ2v) is 5.63. The SMILES string of the molecule is CN1CCCCC1c1cncc(NCc2nccn2C)n1. The Hall–Kier alpha value is -1.95. The van der Waals surface area contributed by atoms with Crippen LogP contribution < -0.4 is 5.32 Å². The molecule has 0 spiro atoms. The highest BCUT2D eigenvalue weighted by atomic mass is 15.2. The molecule has 0 amide bonds. The highest BCUT2D eigenvalue weighted by Gasteiger charge is 2.22. The number of nitrogens with zero attached hydrogens (tertiary/aromatic N) is 5. The van der Waals surface area contributed by atoms with Gasteiger partial charge in [0.2, 0.25) is 0 Å². The topological polar surface area (TPSA) is 58.9 Å². The Bertz CT molecular complexity index is 593. The van der Waals surface area contributed by atoms with Gasteiger partial charge >= 0.3 is 0 Å². The molecule has 1 aliphatic rings. The van der Waals surface area contributed by atoms with Crippen LogP contribution in [0.25, 0.3) is 0 Å². The standard InChI is InChI=1S/C15H22N6/c1-20-7-4-3-5-13(20)12-9-16-10-14(19-12)18-11-15-17-6-8-21(15)2/h6,8-10,13H,3-5,7,11H2,1-2H3,(H,18,19). The summed E-state index contributed by atoms with van der Waals surface area (Å²) in [6.07, 6.45) is 11.1. The van der Waals surface area contributed by atoms with Gasteiger partial charge in [0.1, 0.15) is 11.6 Å². The summed E-state index contributed by atoms with van der Waals surface area (Å²) in [7, 11) is 4.16. The van der Waals surface area contributed by atoms with Gasteiger partial charge in [0, 0.05) is 19.4 Å². The number of piperidine rings is 1. The van der Waals surface area contributed by atoms with Crippen LogP contribution in [-0.4, -0.2) is 38.0 Å². The number of imidazole rings is 1. The first kappa shape index (κ1) is 14.0. The maximum atomic E-state index is 4.72. The van der Waals surface area contributed by atoms with Crippen molar-refractivity contribution in [3.05, 3.63) is 36.3 Å². The number of hydrogen-bond donors (Lipinski definition) is 1. The summed E-state index contributed by atoms with van der Waals surface area (Å²) in [5.41, 5.74) is 1.06. The molecule has 1 N–H and O–H groups in total. The molecule has 21 heavy (non-hydrogen) atoms. The molecule has 6 heteroatoms. The molecule has 1 atom stereocenters. The lowest BCUT2D eigenvalue weighted by Crippen LogP contribution is -2.30. The van der Waals surface area contributed by atoms with Gasteiger partial charge < -0.3 is 9.88 Å². The Morgan fingerprint density at radius 2 is 2.19 bits per heavy atom. The zero-order chi connectivity index (χ0) is 14.7. The fourth-order valence-corrected chi connectivity index (χ4v) is 2.81. The molecule has 0 radical (unpaired) electrons. The molecule has 112 valence electrons. The van der Waals surface area contributed by atoms with Crippen LogP contribution in [0, 0.1) is 0 Å². The summed E-state index contributed by atoms with van der Waals surface area (Å²) in [6.45, 7) is 1.79. The quantitative estimate of drug-likeness (QED) is 0.931. The van der Waals surface area contributed by atoms with Crippen molar-refractivity contribution in [2.24, 2.45) is 7.05 Å². The molecule has 0 bridgehead atoms. The smallest absolute Gasteiger partial charge is 0.145 e. The third-order valence-electron chi connectivity index (χ3n) is 4.11. The highest BCUT2D eigenvalue weighted by Crippen LogP contribution is 2.28. The van der Waals surface area contributed by atoms with Crippen molar-refractivity contribution in [2.45, 2.75) is 31.8 Å². The Balaban J connectivity index is 1.69. The normalized spacial score (nSPS) is 19.6. The van der Waals surface area contributed by atoms with E-state index in [1.807, 2.05) is 24.0 Å². The van der Waals surface area contributed by atoms with E-state index in [4.69, 9.17) is 4.98 Å². The number of rotatable bonds is 4. The minimum absolute atomic E-state index is 0.390. The molecule has 1 aliphatic heterocycles. The van der Waals surface area contributed by atoms with Gasteiger partial charge in [0.05, 0.1) is 30.7 Å². The average molecular weight is 286 g/mol. The zero-order valence-corrected chi connectivity index (χ0v) is 12.7. The first-order valence-corrected chi connectivity index (χ1v) is 7.46. The van der Waals surface area contributed by atoms with E-state index >= 15 is 0 Å². The van der Waals surface area contributed by atoms with Gasteiger partial charge in [-0.3, -0.25) is 9.88 Å². The fraction of sp³-hybridized carbons (Fsp3) is 0.533. The van der Waals surface area contributed by atoms with Gasteiger partial charge in [-0.05, 0) is 26.4 Å². The van der Waals surface area contributed by atoms with Crippen molar-refractivity contribution in [1.82, 2.24) is 24.4 Å². The van der Waals surface area contributed by atoms with E-state index in [9.17, 15) is 0 Å². The summed E-state index contributed by atoms with van der Waals surface area (Å²) < 4.78 is 2.00. The lowest BCUT2D eigenvalue weighted by atomic mass is 10.0. The minimum atomic E-state index is 0.390. The molecule has 3 heterocycles. The third kappa shape index (κ3) is 3.21. The largest absolute Gasteiger partial charge is 0.362 e. The van der Waals surface area contributed by atoms with Crippen molar-refractivity contribution < 1.29 is 0 Å². The molecule has 0 saturated carbocycles. The summed E-state index contributed by atoms with van der Waals surface area (Å²) in [5.74, 6) is 1.80. The van der Waals surface area contributed by atoms with E-state index in [2.05, 4.69) is 27.2 Å². The van der Waals surface area contributed by atoms with Gasteiger partial charge in [-0.2, -0.15) is 0 Å². The molecule has 2 aromatic rings. The fourth-order valence-electron chi connectivity index (χ4n) is 2.81. The zero-order valence-electron chi connectivity index (χ0n) is 12.7. The molecular weight excluding hydrogens is 264 g/mol. The Morgan fingerprint density at radius 3 is 2.95 bits per heavy atom. The third-order valence-corrected chi connectivity index (χ3v) is 4.11. The van der Waals surface area contributed by atoms with Crippen molar-refractivity contribution >= 4 is 5.82 Å². The summed E-state index contributed by atoms with van der Waals surface area (Å²) in [5, 5.41) is 3.31. The number of aromatic nitrogens is 4. The second kappa shape index (κ2) is 6.22. The molecule has 1 saturated heterocycles. The number of aryl methyl sites for hydroxylation is 1. The van der Waals surface area contributed by atoms with Crippen LogP contribution in [0.15, 0.2) is 24.8 Å². The van der Waals surface area contributed by atoms with Gasteiger partial charge in [-0.15, -0.1) is 0 Å². The lowest BCUT2D eigenvalue weighted by Gasteiger charge is -2.31. The number of hydrogen-bond acceptors (Lipinski definition) is 5. The maximum absolute atomic E-state index is 4.72. The van der Waals surface area contributed by atoms with E-state index in [1.165, 1.54) is 12.8 Å². The van der Waals surface area contributed by atoms with Gasteiger partial charge in [-0.25, -0.2) is 9.97 Å². The monoisotopic (exact) mass is 286 g/mol. The van der Waals surface area contributed by atoms with Crippen LogP contribution >= 0.6 is 0 Å². The summed E-state index contributed by atoms with van der Waals surface area (Å²) in [4.78, 5) is 15.7. The molecular formula is C15H22N6.